The van der Waals surface area contributed by atoms with Crippen LogP contribution in [-0.2, 0) is 9.59 Å². The number of hydrogen-bond donors (Lipinski definition) is 1. The highest BCUT2D eigenvalue weighted by molar-refractivity contribution is 5.79. The standard InChI is InChI=1S/C18H20F2N2O3/c1-13(23)22-9-6-14(7-10-22)18(24)21-8-2-3-11-25-17-5-4-15(19)12-16(17)20/h4-5,12,14H,6-11H2,1H3,(H,21,24). The molecule has 134 valence electrons. The zero-order valence-electron chi connectivity index (χ0n) is 14.0. The molecule has 0 radical (unpaired) electrons. The van der Waals surface area contributed by atoms with Crippen molar-refractivity contribution in [1.29, 1.82) is 0 Å². The molecule has 2 amide bonds. The monoisotopic (exact) mass is 350 g/mol. The van der Waals surface area contributed by atoms with Crippen molar-refractivity contribution in [2.45, 2.75) is 19.8 Å². The topological polar surface area (TPSA) is 58.6 Å². The fourth-order valence-electron chi connectivity index (χ4n) is 2.55. The molecule has 1 N–H and O–H groups in total. The Kier molecular flexibility index (Phi) is 6.75. The maximum absolute atomic E-state index is 13.3. The predicted octanol–water partition coefficient (Wildman–Crippen LogP) is 1.72. The molecule has 7 heteroatoms. The first-order chi connectivity index (χ1) is 12.0. The van der Waals surface area contributed by atoms with Gasteiger partial charge in [0.2, 0.25) is 11.8 Å². The van der Waals surface area contributed by atoms with Gasteiger partial charge < -0.3 is 15.0 Å². The lowest BCUT2D eigenvalue weighted by Gasteiger charge is -2.30. The van der Waals surface area contributed by atoms with Gasteiger partial charge in [-0.3, -0.25) is 9.59 Å². The number of carbonyl (C=O) groups is 2. The number of carbonyl (C=O) groups excluding carboxylic acids is 2. The minimum atomic E-state index is -0.785. The van der Waals surface area contributed by atoms with E-state index in [2.05, 4.69) is 17.2 Å². The third kappa shape index (κ3) is 5.75. The van der Waals surface area contributed by atoms with Crippen LogP contribution < -0.4 is 10.1 Å². The zero-order chi connectivity index (χ0) is 18.2. The van der Waals surface area contributed by atoms with Crippen LogP contribution in [0.25, 0.3) is 0 Å². The highest BCUT2D eigenvalue weighted by Crippen LogP contribution is 2.18. The SMILES string of the molecule is CC(=O)N1CCC(C(=O)NCC#CCOc2ccc(F)cc2F)CC1. The Balaban J connectivity index is 1.67. The molecule has 0 aliphatic carbocycles. The maximum atomic E-state index is 13.3. The van der Waals surface area contributed by atoms with Crippen LogP contribution in [0.5, 0.6) is 5.75 Å². The van der Waals surface area contributed by atoms with E-state index < -0.39 is 11.6 Å². The minimum Gasteiger partial charge on any atom is -0.478 e. The van der Waals surface area contributed by atoms with Crippen molar-refractivity contribution >= 4 is 11.8 Å². The van der Waals surface area contributed by atoms with Crippen molar-refractivity contribution in [2.75, 3.05) is 26.2 Å². The third-order valence-electron chi connectivity index (χ3n) is 3.98. The van der Waals surface area contributed by atoms with Crippen LogP contribution in [0.4, 0.5) is 8.78 Å². The number of nitrogens with zero attached hydrogens (tertiary/aromatic N) is 1. The van der Waals surface area contributed by atoms with Crippen LogP contribution in [0.3, 0.4) is 0 Å². The van der Waals surface area contributed by atoms with Gasteiger partial charge in [0.15, 0.2) is 11.6 Å². The summed E-state index contributed by atoms with van der Waals surface area (Å²) in [6.07, 6.45) is 1.29. The molecule has 0 saturated carbocycles. The number of amides is 2. The molecular formula is C18H20F2N2O3. The van der Waals surface area contributed by atoms with Gasteiger partial charge in [0.1, 0.15) is 12.4 Å². The first kappa shape index (κ1) is 18.7. The summed E-state index contributed by atoms with van der Waals surface area (Å²) in [6.45, 7) is 2.82. The molecule has 1 aliphatic rings. The average molecular weight is 350 g/mol. The van der Waals surface area contributed by atoms with Gasteiger partial charge in [-0.25, -0.2) is 8.78 Å². The van der Waals surface area contributed by atoms with Crippen molar-refractivity contribution < 1.29 is 23.1 Å². The van der Waals surface area contributed by atoms with E-state index in [0.717, 1.165) is 12.1 Å². The van der Waals surface area contributed by atoms with Gasteiger partial charge >= 0.3 is 0 Å². The summed E-state index contributed by atoms with van der Waals surface area (Å²) in [6, 6.07) is 3.03. The van der Waals surface area contributed by atoms with Crippen LogP contribution in [0, 0.1) is 29.4 Å². The largest absolute Gasteiger partial charge is 0.478 e. The number of rotatable bonds is 4. The molecule has 0 unspecified atom stereocenters. The van der Waals surface area contributed by atoms with E-state index in [1.165, 1.54) is 13.0 Å². The number of benzene rings is 1. The highest BCUT2D eigenvalue weighted by atomic mass is 19.1. The second-order valence-corrected chi connectivity index (χ2v) is 5.72. The van der Waals surface area contributed by atoms with Gasteiger partial charge in [-0.15, -0.1) is 0 Å². The third-order valence-corrected chi connectivity index (χ3v) is 3.98. The molecule has 0 atom stereocenters. The molecule has 2 rings (SSSR count). The van der Waals surface area contributed by atoms with Crippen LogP contribution in [0.15, 0.2) is 18.2 Å². The fourth-order valence-corrected chi connectivity index (χ4v) is 2.55. The Labute approximate surface area is 145 Å². The number of hydrogen-bond acceptors (Lipinski definition) is 3. The van der Waals surface area contributed by atoms with Crippen LogP contribution in [0.2, 0.25) is 0 Å². The lowest BCUT2D eigenvalue weighted by molar-refractivity contribution is -0.133. The van der Waals surface area contributed by atoms with E-state index in [-0.39, 0.29) is 36.6 Å². The van der Waals surface area contributed by atoms with Crippen LogP contribution >= 0.6 is 0 Å². The van der Waals surface area contributed by atoms with E-state index in [1.54, 1.807) is 4.90 Å². The predicted molar refractivity (Wildman–Crippen MR) is 87.6 cm³/mol. The maximum Gasteiger partial charge on any atom is 0.223 e. The van der Waals surface area contributed by atoms with Gasteiger partial charge in [-0.2, -0.15) is 0 Å². The van der Waals surface area contributed by atoms with Gasteiger partial charge in [0.05, 0.1) is 6.54 Å². The lowest BCUT2D eigenvalue weighted by Crippen LogP contribution is -2.42. The fraction of sp³-hybridized carbons (Fsp3) is 0.444. The zero-order valence-corrected chi connectivity index (χ0v) is 14.0. The van der Waals surface area contributed by atoms with E-state index >= 15 is 0 Å². The summed E-state index contributed by atoms with van der Waals surface area (Å²) in [4.78, 5) is 25.0. The quantitative estimate of drug-likeness (QED) is 0.842. The molecule has 0 bridgehead atoms. The van der Waals surface area contributed by atoms with Crippen molar-refractivity contribution in [1.82, 2.24) is 10.2 Å². The molecule has 1 saturated heterocycles. The first-order valence-electron chi connectivity index (χ1n) is 8.04. The molecule has 0 aromatic heterocycles. The van der Waals surface area contributed by atoms with Crippen LogP contribution in [-0.4, -0.2) is 43.0 Å². The Morgan fingerprint density at radius 1 is 1.28 bits per heavy atom. The van der Waals surface area contributed by atoms with Crippen molar-refractivity contribution in [2.24, 2.45) is 5.92 Å². The first-order valence-corrected chi connectivity index (χ1v) is 8.04. The summed E-state index contributed by atoms with van der Waals surface area (Å²) in [5.41, 5.74) is 0. The number of likely N-dealkylation sites (tertiary alicyclic amines) is 1. The number of nitrogens with one attached hydrogen (secondary N) is 1. The van der Waals surface area contributed by atoms with Gasteiger partial charge in [0.25, 0.3) is 0 Å². The highest BCUT2D eigenvalue weighted by Gasteiger charge is 2.25. The van der Waals surface area contributed by atoms with E-state index in [1.807, 2.05) is 0 Å². The smallest absolute Gasteiger partial charge is 0.223 e. The van der Waals surface area contributed by atoms with Gasteiger partial charge in [-0.1, -0.05) is 11.8 Å². The molecule has 25 heavy (non-hydrogen) atoms. The normalized spacial score (nSPS) is 14.4. The molecule has 1 aromatic carbocycles. The minimum absolute atomic E-state index is 0.0299. The van der Waals surface area contributed by atoms with Crippen molar-refractivity contribution in [3.63, 3.8) is 0 Å². The van der Waals surface area contributed by atoms with E-state index in [0.29, 0.717) is 25.9 Å². The molecule has 5 nitrogen and oxygen atoms in total. The van der Waals surface area contributed by atoms with E-state index in [4.69, 9.17) is 4.74 Å². The molecule has 1 aliphatic heterocycles. The van der Waals surface area contributed by atoms with Gasteiger partial charge in [0, 0.05) is 32.0 Å². The molecule has 0 spiro atoms. The summed E-state index contributed by atoms with van der Waals surface area (Å²) in [5, 5.41) is 2.72. The summed E-state index contributed by atoms with van der Waals surface area (Å²) in [5.74, 6) is 3.68. The van der Waals surface area contributed by atoms with E-state index in [9.17, 15) is 18.4 Å². The molecule has 1 aromatic rings. The lowest BCUT2D eigenvalue weighted by atomic mass is 9.96. The summed E-state index contributed by atoms with van der Waals surface area (Å²) >= 11 is 0. The average Bonchev–Trinajstić information content (AvgIpc) is 2.59. The van der Waals surface area contributed by atoms with Gasteiger partial charge in [-0.05, 0) is 25.0 Å². The number of halogens is 2. The number of piperidine rings is 1. The molecule has 1 fully saturated rings. The molecular weight excluding hydrogens is 330 g/mol. The van der Waals surface area contributed by atoms with Crippen LogP contribution in [0.1, 0.15) is 19.8 Å². The van der Waals surface area contributed by atoms with Crippen molar-refractivity contribution in [3.8, 4) is 17.6 Å². The number of ether oxygens (including phenoxy) is 1. The second kappa shape index (κ2) is 9.02. The Morgan fingerprint density at radius 3 is 2.64 bits per heavy atom. The van der Waals surface area contributed by atoms with Crippen molar-refractivity contribution in [3.05, 3.63) is 29.8 Å². The summed E-state index contributed by atoms with van der Waals surface area (Å²) < 4.78 is 31.1. The Bertz CT molecular complexity index is 689. The molecule has 1 heterocycles. The second-order valence-electron chi connectivity index (χ2n) is 5.72. The Morgan fingerprint density at radius 2 is 2.00 bits per heavy atom. The Hall–Kier alpha value is -2.62. The summed E-state index contributed by atoms with van der Waals surface area (Å²) in [7, 11) is 0.